The van der Waals surface area contributed by atoms with Crippen LogP contribution in [0.3, 0.4) is 0 Å². The molecule has 0 spiro atoms. The van der Waals surface area contributed by atoms with E-state index in [1.165, 1.54) is 12.1 Å². The summed E-state index contributed by atoms with van der Waals surface area (Å²) in [5.74, 6) is 1.39. The van der Waals surface area contributed by atoms with E-state index in [0.717, 1.165) is 45.0 Å². The van der Waals surface area contributed by atoms with Gasteiger partial charge in [0.1, 0.15) is 0 Å². The molecule has 1 aliphatic heterocycles. The van der Waals surface area contributed by atoms with E-state index in [4.69, 9.17) is 0 Å². The predicted octanol–water partition coefficient (Wildman–Crippen LogP) is 4.06. The normalized spacial score (nSPS) is 25.5. The van der Waals surface area contributed by atoms with Gasteiger partial charge in [0.2, 0.25) is 5.91 Å². The lowest BCUT2D eigenvalue weighted by Gasteiger charge is -2.25. The van der Waals surface area contributed by atoms with E-state index in [1.54, 1.807) is 6.07 Å². The van der Waals surface area contributed by atoms with Crippen LogP contribution in [0.25, 0.3) is 0 Å². The fourth-order valence-corrected chi connectivity index (χ4v) is 5.05. The number of nitrogens with zero attached hydrogens (tertiary/aromatic N) is 1. The first-order chi connectivity index (χ1) is 14.2. The van der Waals surface area contributed by atoms with Gasteiger partial charge in [0.05, 0.1) is 11.6 Å². The third-order valence-electron chi connectivity index (χ3n) is 6.39. The molecule has 2 fully saturated rings. The number of hydrogen-bond donors (Lipinski definition) is 2. The van der Waals surface area contributed by atoms with E-state index in [2.05, 4.69) is 29.4 Å². The Balaban J connectivity index is 1.58. The Morgan fingerprint density at radius 2 is 2.00 bits per heavy atom. The number of likely N-dealkylation sites (N-methyl/N-ethyl adjacent to an activating group) is 1. The minimum absolute atomic E-state index is 0.0764. The summed E-state index contributed by atoms with van der Waals surface area (Å²) in [6, 6.07) is 5.59. The van der Waals surface area contributed by atoms with Crippen LogP contribution in [-0.2, 0) is 17.5 Å². The van der Waals surface area contributed by atoms with E-state index in [1.807, 2.05) is 6.92 Å². The smallest absolute Gasteiger partial charge is 0.352 e. The van der Waals surface area contributed by atoms with Crippen LogP contribution in [0.15, 0.2) is 24.3 Å². The van der Waals surface area contributed by atoms with Gasteiger partial charge in [-0.25, -0.2) is 0 Å². The molecule has 1 aliphatic carbocycles. The molecule has 168 valence electrons. The number of hydrogen-bond acceptors (Lipinski definition) is 3. The van der Waals surface area contributed by atoms with Crippen LogP contribution in [0, 0.1) is 17.8 Å². The second-order valence-electron chi connectivity index (χ2n) is 9.25. The van der Waals surface area contributed by atoms with E-state index < -0.39 is 11.7 Å². The molecule has 1 saturated carbocycles. The molecule has 4 unspecified atom stereocenters. The molecule has 2 N–H and O–H groups in total. The van der Waals surface area contributed by atoms with Crippen molar-refractivity contribution >= 4 is 5.91 Å². The van der Waals surface area contributed by atoms with Crippen molar-refractivity contribution in [3.63, 3.8) is 0 Å². The van der Waals surface area contributed by atoms with Gasteiger partial charge in [0.15, 0.2) is 0 Å². The van der Waals surface area contributed by atoms with E-state index >= 15 is 0 Å². The van der Waals surface area contributed by atoms with Crippen molar-refractivity contribution in [1.82, 2.24) is 15.5 Å². The van der Waals surface area contributed by atoms with Crippen molar-refractivity contribution in [2.24, 2.45) is 17.8 Å². The zero-order chi connectivity index (χ0) is 21.9. The Morgan fingerprint density at radius 3 is 2.67 bits per heavy atom. The molecule has 0 aromatic heterocycles. The summed E-state index contributed by atoms with van der Waals surface area (Å²) in [6.45, 7) is 9.22. The number of carbonyl (C=O) groups excluding carboxylic acids is 1. The highest BCUT2D eigenvalue weighted by Gasteiger charge is 2.43. The largest absolute Gasteiger partial charge is 0.416 e. The Labute approximate surface area is 177 Å². The molecule has 4 nitrogen and oxygen atoms in total. The minimum Gasteiger partial charge on any atom is -0.352 e. The van der Waals surface area contributed by atoms with Crippen molar-refractivity contribution < 1.29 is 18.0 Å². The number of halogens is 3. The Kier molecular flexibility index (Phi) is 7.45. The first-order valence-electron chi connectivity index (χ1n) is 11.1. The Bertz CT molecular complexity index is 722. The van der Waals surface area contributed by atoms with E-state index in [0.29, 0.717) is 29.9 Å². The van der Waals surface area contributed by atoms with Crippen LogP contribution < -0.4 is 10.6 Å². The lowest BCUT2D eigenvalue weighted by atomic mass is 9.97. The van der Waals surface area contributed by atoms with Crippen molar-refractivity contribution in [3.8, 4) is 0 Å². The molecule has 30 heavy (non-hydrogen) atoms. The maximum absolute atomic E-state index is 13.0. The number of benzene rings is 1. The summed E-state index contributed by atoms with van der Waals surface area (Å²) >= 11 is 0. The molecular formula is C23H34F3N3O. The fourth-order valence-electron chi connectivity index (χ4n) is 5.05. The van der Waals surface area contributed by atoms with Crippen LogP contribution in [-0.4, -0.2) is 42.5 Å². The highest BCUT2D eigenvalue weighted by atomic mass is 19.4. The van der Waals surface area contributed by atoms with Gasteiger partial charge in [-0.2, -0.15) is 13.2 Å². The first kappa shape index (κ1) is 23.1. The van der Waals surface area contributed by atoms with Gasteiger partial charge >= 0.3 is 6.18 Å². The number of rotatable bonds is 8. The molecule has 0 radical (unpaired) electrons. The third-order valence-corrected chi connectivity index (χ3v) is 6.39. The number of likely N-dealkylation sites (tertiary alicyclic amines) is 1. The maximum atomic E-state index is 13.0. The monoisotopic (exact) mass is 425 g/mol. The average Bonchev–Trinajstić information content (AvgIpc) is 3.22. The lowest BCUT2D eigenvalue weighted by molar-refractivity contribution is -0.137. The zero-order valence-corrected chi connectivity index (χ0v) is 18.1. The van der Waals surface area contributed by atoms with Gasteiger partial charge in [-0.1, -0.05) is 39.0 Å². The van der Waals surface area contributed by atoms with Gasteiger partial charge in [-0.05, 0) is 55.2 Å². The predicted molar refractivity (Wildman–Crippen MR) is 112 cm³/mol. The SMILES string of the molecule is CCNC(CC(C)C)C(=O)NC1CCC2CN(Cc3cccc(C(F)(F)F)c3)CC21. The summed E-state index contributed by atoms with van der Waals surface area (Å²) in [5.41, 5.74) is 0.0960. The quantitative estimate of drug-likeness (QED) is 0.660. The van der Waals surface area contributed by atoms with Crippen LogP contribution >= 0.6 is 0 Å². The summed E-state index contributed by atoms with van der Waals surface area (Å²) in [7, 11) is 0. The van der Waals surface area contributed by atoms with Crippen LogP contribution in [0.4, 0.5) is 13.2 Å². The van der Waals surface area contributed by atoms with Crippen LogP contribution in [0.5, 0.6) is 0 Å². The summed E-state index contributed by atoms with van der Waals surface area (Å²) in [6.07, 6.45) is -1.46. The van der Waals surface area contributed by atoms with Gasteiger partial charge in [-0.15, -0.1) is 0 Å². The molecule has 2 aliphatic rings. The average molecular weight is 426 g/mol. The van der Waals surface area contributed by atoms with E-state index in [-0.39, 0.29) is 18.0 Å². The summed E-state index contributed by atoms with van der Waals surface area (Å²) in [4.78, 5) is 15.1. The topological polar surface area (TPSA) is 44.4 Å². The second kappa shape index (κ2) is 9.69. The summed E-state index contributed by atoms with van der Waals surface area (Å²) < 4.78 is 38.9. The van der Waals surface area contributed by atoms with Crippen LogP contribution in [0.2, 0.25) is 0 Å². The van der Waals surface area contributed by atoms with Gasteiger partial charge in [0.25, 0.3) is 0 Å². The van der Waals surface area contributed by atoms with Crippen molar-refractivity contribution in [3.05, 3.63) is 35.4 Å². The highest BCUT2D eigenvalue weighted by molar-refractivity contribution is 5.82. The fraction of sp³-hybridized carbons (Fsp3) is 0.696. The van der Waals surface area contributed by atoms with Gasteiger partial charge < -0.3 is 10.6 Å². The Morgan fingerprint density at radius 1 is 1.23 bits per heavy atom. The minimum atomic E-state index is -4.31. The molecule has 1 heterocycles. The van der Waals surface area contributed by atoms with Crippen LogP contribution in [0.1, 0.15) is 51.2 Å². The van der Waals surface area contributed by atoms with Crippen molar-refractivity contribution in [2.75, 3.05) is 19.6 Å². The number of amides is 1. The molecule has 1 aromatic carbocycles. The van der Waals surface area contributed by atoms with E-state index in [9.17, 15) is 18.0 Å². The highest BCUT2D eigenvalue weighted by Crippen LogP contribution is 2.39. The first-order valence-corrected chi connectivity index (χ1v) is 11.1. The van der Waals surface area contributed by atoms with Gasteiger partial charge in [0, 0.05) is 25.7 Å². The Hall–Kier alpha value is -1.60. The molecule has 3 rings (SSSR count). The number of nitrogens with one attached hydrogen (secondary N) is 2. The van der Waals surface area contributed by atoms with Gasteiger partial charge in [-0.3, -0.25) is 9.69 Å². The summed E-state index contributed by atoms with van der Waals surface area (Å²) in [5, 5.41) is 6.57. The molecule has 4 atom stereocenters. The lowest BCUT2D eigenvalue weighted by Crippen LogP contribution is -2.49. The van der Waals surface area contributed by atoms with Crippen molar-refractivity contribution in [1.29, 1.82) is 0 Å². The number of carbonyl (C=O) groups is 1. The second-order valence-corrected chi connectivity index (χ2v) is 9.25. The molecule has 1 amide bonds. The maximum Gasteiger partial charge on any atom is 0.416 e. The molecule has 1 saturated heterocycles. The third kappa shape index (κ3) is 5.76. The molecular weight excluding hydrogens is 391 g/mol. The molecule has 0 bridgehead atoms. The van der Waals surface area contributed by atoms with Crippen molar-refractivity contribution in [2.45, 2.75) is 64.8 Å². The molecule has 1 aromatic rings. The molecule has 7 heteroatoms. The number of fused-ring (bicyclic) bond motifs is 1. The zero-order valence-electron chi connectivity index (χ0n) is 18.1. The number of alkyl halides is 3. The standard InChI is InChI=1S/C23H34F3N3O/c1-4-27-21(10-15(2)3)22(30)28-20-9-8-17-13-29(14-19(17)20)12-16-6-5-7-18(11-16)23(24,25)26/h5-7,11,15,17,19-21,27H,4,8-10,12-14H2,1-3H3,(H,28,30).